The van der Waals surface area contributed by atoms with Crippen molar-refractivity contribution in [3.63, 3.8) is 0 Å². The SMILES string of the molecule is CC[C@H](CN(CC)C(=O)CNCCNC(=O)c1ccc2cc(Cl)ccc2c1)c1ccccc1. The van der Waals surface area contributed by atoms with Crippen molar-refractivity contribution in [3.8, 4) is 0 Å². The van der Waals surface area contributed by atoms with Crippen LogP contribution in [0.5, 0.6) is 0 Å². The maximum atomic E-state index is 12.7. The number of rotatable bonds is 11. The van der Waals surface area contributed by atoms with E-state index in [-0.39, 0.29) is 18.4 Å². The van der Waals surface area contributed by atoms with Gasteiger partial charge >= 0.3 is 0 Å². The van der Waals surface area contributed by atoms with Crippen molar-refractivity contribution in [1.29, 1.82) is 0 Å². The average Bonchev–Trinajstić information content (AvgIpc) is 2.84. The van der Waals surface area contributed by atoms with E-state index in [1.807, 2.05) is 60.4 Å². The summed E-state index contributed by atoms with van der Waals surface area (Å²) >= 11 is 6.02. The third-order valence-corrected chi connectivity index (χ3v) is 6.10. The van der Waals surface area contributed by atoms with Crippen molar-refractivity contribution < 1.29 is 9.59 Å². The molecule has 0 aliphatic rings. The Morgan fingerprint density at radius 2 is 1.67 bits per heavy atom. The van der Waals surface area contributed by atoms with Gasteiger partial charge in [-0.15, -0.1) is 0 Å². The minimum Gasteiger partial charge on any atom is -0.351 e. The fourth-order valence-electron chi connectivity index (χ4n) is 3.90. The molecule has 0 aliphatic carbocycles. The molecule has 1 atom stereocenters. The van der Waals surface area contributed by atoms with Gasteiger partial charge in [0, 0.05) is 42.7 Å². The summed E-state index contributed by atoms with van der Waals surface area (Å²) in [5, 5.41) is 8.70. The van der Waals surface area contributed by atoms with Gasteiger partial charge in [-0.05, 0) is 53.9 Å². The predicted molar refractivity (Wildman–Crippen MR) is 136 cm³/mol. The smallest absolute Gasteiger partial charge is 0.251 e. The zero-order valence-corrected chi connectivity index (χ0v) is 20.1. The van der Waals surface area contributed by atoms with Crippen LogP contribution in [0.15, 0.2) is 66.7 Å². The van der Waals surface area contributed by atoms with E-state index in [1.54, 1.807) is 6.07 Å². The van der Waals surface area contributed by atoms with Gasteiger partial charge in [0.2, 0.25) is 5.91 Å². The molecule has 2 N–H and O–H groups in total. The lowest BCUT2D eigenvalue weighted by Crippen LogP contribution is -2.42. The number of carbonyl (C=O) groups is 2. The number of carbonyl (C=O) groups excluding carboxylic acids is 2. The van der Waals surface area contributed by atoms with Gasteiger partial charge in [0.15, 0.2) is 0 Å². The molecule has 0 aliphatic heterocycles. The Kier molecular flexibility index (Phi) is 9.28. The van der Waals surface area contributed by atoms with Crippen LogP contribution in [-0.2, 0) is 4.79 Å². The number of hydrogen-bond donors (Lipinski definition) is 2. The standard InChI is InChI=1S/C27H32ClN3O2/c1-3-20(21-8-6-5-7-9-21)19-31(4-2)26(32)18-29-14-15-30-27(33)24-11-10-23-17-25(28)13-12-22(23)16-24/h5-13,16-17,20,29H,3-4,14-15,18-19H2,1-2H3,(H,30,33)/t20-/m1/s1. The third-order valence-electron chi connectivity index (χ3n) is 5.87. The van der Waals surface area contributed by atoms with Gasteiger partial charge in [-0.3, -0.25) is 9.59 Å². The largest absolute Gasteiger partial charge is 0.351 e. The molecule has 174 valence electrons. The second-order valence-corrected chi connectivity index (χ2v) is 8.52. The van der Waals surface area contributed by atoms with Crippen molar-refractivity contribution in [2.24, 2.45) is 0 Å². The highest BCUT2D eigenvalue weighted by molar-refractivity contribution is 6.31. The van der Waals surface area contributed by atoms with Gasteiger partial charge < -0.3 is 15.5 Å². The molecule has 5 nitrogen and oxygen atoms in total. The first kappa shape index (κ1) is 24.7. The summed E-state index contributed by atoms with van der Waals surface area (Å²) in [5.74, 6) is 0.266. The zero-order chi connectivity index (χ0) is 23.6. The summed E-state index contributed by atoms with van der Waals surface area (Å²) in [5.41, 5.74) is 1.86. The van der Waals surface area contributed by atoms with E-state index in [1.165, 1.54) is 5.56 Å². The van der Waals surface area contributed by atoms with Crippen LogP contribution in [0.25, 0.3) is 10.8 Å². The number of nitrogens with zero attached hydrogens (tertiary/aromatic N) is 1. The number of hydrogen-bond acceptors (Lipinski definition) is 3. The molecule has 0 heterocycles. The predicted octanol–water partition coefficient (Wildman–Crippen LogP) is 4.85. The fraction of sp³-hybridized carbons (Fsp3) is 0.333. The van der Waals surface area contributed by atoms with Crippen LogP contribution in [0, 0.1) is 0 Å². The maximum absolute atomic E-state index is 12.7. The van der Waals surface area contributed by atoms with Gasteiger partial charge in [-0.25, -0.2) is 0 Å². The third kappa shape index (κ3) is 7.04. The fourth-order valence-corrected chi connectivity index (χ4v) is 4.08. The summed E-state index contributed by atoms with van der Waals surface area (Å²) in [4.78, 5) is 27.0. The first-order valence-electron chi connectivity index (χ1n) is 11.5. The van der Waals surface area contributed by atoms with Gasteiger partial charge in [-0.2, -0.15) is 0 Å². The highest BCUT2D eigenvalue weighted by Gasteiger charge is 2.17. The van der Waals surface area contributed by atoms with E-state index in [0.717, 1.165) is 17.2 Å². The quantitative estimate of drug-likeness (QED) is 0.398. The molecule has 33 heavy (non-hydrogen) atoms. The van der Waals surface area contributed by atoms with Crippen molar-refractivity contribution in [3.05, 3.63) is 82.9 Å². The molecule has 3 aromatic carbocycles. The Bertz CT molecular complexity index is 1070. The van der Waals surface area contributed by atoms with Crippen LogP contribution < -0.4 is 10.6 Å². The Balaban J connectivity index is 1.42. The molecule has 3 aromatic rings. The Morgan fingerprint density at radius 1 is 0.939 bits per heavy atom. The molecule has 0 saturated heterocycles. The molecule has 0 saturated carbocycles. The van der Waals surface area contributed by atoms with Crippen molar-refractivity contribution in [2.45, 2.75) is 26.2 Å². The van der Waals surface area contributed by atoms with Gasteiger partial charge in [0.05, 0.1) is 6.54 Å². The highest BCUT2D eigenvalue weighted by Crippen LogP contribution is 2.21. The first-order valence-corrected chi connectivity index (χ1v) is 11.9. The summed E-state index contributed by atoms with van der Waals surface area (Å²) < 4.78 is 0. The summed E-state index contributed by atoms with van der Waals surface area (Å²) in [7, 11) is 0. The molecule has 0 fully saturated rings. The molecular formula is C27H32ClN3O2. The van der Waals surface area contributed by atoms with E-state index in [0.29, 0.717) is 42.7 Å². The Hall–Kier alpha value is -2.89. The van der Waals surface area contributed by atoms with Crippen LogP contribution in [0.2, 0.25) is 5.02 Å². The molecule has 2 amide bonds. The molecule has 3 rings (SSSR count). The molecule has 6 heteroatoms. The van der Waals surface area contributed by atoms with Crippen molar-refractivity contribution in [2.75, 3.05) is 32.7 Å². The first-order chi connectivity index (χ1) is 16.0. The number of likely N-dealkylation sites (N-methyl/N-ethyl adjacent to an activating group) is 1. The summed E-state index contributed by atoms with van der Waals surface area (Å²) in [6.45, 7) is 6.77. The van der Waals surface area contributed by atoms with Gasteiger partial charge in [-0.1, -0.05) is 61.0 Å². The van der Waals surface area contributed by atoms with E-state index in [2.05, 4.69) is 29.7 Å². The Labute approximate surface area is 201 Å². The van der Waals surface area contributed by atoms with Gasteiger partial charge in [0.25, 0.3) is 5.91 Å². The normalized spacial score (nSPS) is 11.8. The molecule has 0 spiro atoms. The highest BCUT2D eigenvalue weighted by atomic mass is 35.5. The monoisotopic (exact) mass is 465 g/mol. The molecule has 0 bridgehead atoms. The minimum absolute atomic E-state index is 0.0754. The lowest BCUT2D eigenvalue weighted by molar-refractivity contribution is -0.130. The molecular weight excluding hydrogens is 434 g/mol. The van der Waals surface area contributed by atoms with Crippen LogP contribution in [0.1, 0.15) is 42.1 Å². The number of halogens is 1. The van der Waals surface area contributed by atoms with Crippen LogP contribution >= 0.6 is 11.6 Å². The van der Waals surface area contributed by atoms with E-state index < -0.39 is 0 Å². The van der Waals surface area contributed by atoms with E-state index in [9.17, 15) is 9.59 Å². The molecule has 0 radical (unpaired) electrons. The topological polar surface area (TPSA) is 61.4 Å². The second-order valence-electron chi connectivity index (χ2n) is 8.09. The maximum Gasteiger partial charge on any atom is 0.251 e. The summed E-state index contributed by atoms with van der Waals surface area (Å²) in [6.07, 6.45) is 0.981. The number of amides is 2. The van der Waals surface area contributed by atoms with Crippen LogP contribution in [0.3, 0.4) is 0 Å². The number of fused-ring (bicyclic) bond motifs is 1. The Morgan fingerprint density at radius 3 is 2.39 bits per heavy atom. The van der Waals surface area contributed by atoms with Gasteiger partial charge in [0.1, 0.15) is 0 Å². The van der Waals surface area contributed by atoms with E-state index >= 15 is 0 Å². The van der Waals surface area contributed by atoms with Crippen LogP contribution in [-0.4, -0.2) is 49.4 Å². The van der Waals surface area contributed by atoms with Crippen molar-refractivity contribution >= 4 is 34.2 Å². The van der Waals surface area contributed by atoms with E-state index in [4.69, 9.17) is 11.6 Å². The number of nitrogens with one attached hydrogen (secondary N) is 2. The lowest BCUT2D eigenvalue weighted by atomic mass is 9.96. The summed E-state index contributed by atoms with van der Waals surface area (Å²) in [6, 6.07) is 21.5. The van der Waals surface area contributed by atoms with Crippen LogP contribution in [0.4, 0.5) is 0 Å². The zero-order valence-electron chi connectivity index (χ0n) is 19.3. The second kappa shape index (κ2) is 12.4. The average molecular weight is 466 g/mol. The molecule has 0 unspecified atom stereocenters. The molecule has 0 aromatic heterocycles. The number of benzene rings is 3. The minimum atomic E-state index is -0.135. The van der Waals surface area contributed by atoms with Crippen molar-refractivity contribution in [1.82, 2.24) is 15.5 Å². The lowest BCUT2D eigenvalue weighted by Gasteiger charge is -2.26.